The van der Waals surface area contributed by atoms with Crippen LogP contribution in [0, 0.1) is 0 Å². The molecule has 0 aliphatic carbocycles. The zero-order valence-electron chi connectivity index (χ0n) is 11.7. The Balaban J connectivity index is 1.94. The van der Waals surface area contributed by atoms with E-state index in [1.807, 2.05) is 18.2 Å². The molecular weight excluding hydrogens is 240 g/mol. The molecule has 1 aromatic rings. The SMILES string of the molecule is CCN1CCCC1CNC(=O)c1ccccc1OC. The van der Waals surface area contributed by atoms with Crippen molar-refractivity contribution in [3.63, 3.8) is 0 Å². The Morgan fingerprint density at radius 1 is 1.47 bits per heavy atom. The average molecular weight is 262 g/mol. The first-order valence-corrected chi connectivity index (χ1v) is 6.91. The van der Waals surface area contributed by atoms with E-state index in [2.05, 4.69) is 17.1 Å². The number of para-hydroxylation sites is 1. The minimum Gasteiger partial charge on any atom is -0.496 e. The number of rotatable bonds is 5. The summed E-state index contributed by atoms with van der Waals surface area (Å²) < 4.78 is 5.21. The first-order chi connectivity index (χ1) is 9.26. The molecule has 4 nitrogen and oxygen atoms in total. The number of amides is 1. The summed E-state index contributed by atoms with van der Waals surface area (Å²) in [6.45, 7) is 5.08. The van der Waals surface area contributed by atoms with Crippen LogP contribution in [0.15, 0.2) is 24.3 Å². The monoisotopic (exact) mass is 262 g/mol. The lowest BCUT2D eigenvalue weighted by Crippen LogP contribution is -2.40. The van der Waals surface area contributed by atoms with Crippen LogP contribution >= 0.6 is 0 Å². The number of likely N-dealkylation sites (tertiary alicyclic amines) is 1. The summed E-state index contributed by atoms with van der Waals surface area (Å²) in [5, 5.41) is 3.02. The van der Waals surface area contributed by atoms with Gasteiger partial charge in [0, 0.05) is 12.6 Å². The smallest absolute Gasteiger partial charge is 0.255 e. The Kier molecular flexibility index (Phi) is 4.80. The summed E-state index contributed by atoms with van der Waals surface area (Å²) in [7, 11) is 1.59. The summed E-state index contributed by atoms with van der Waals surface area (Å²) in [5.41, 5.74) is 0.603. The maximum absolute atomic E-state index is 12.2. The van der Waals surface area contributed by atoms with E-state index in [0.717, 1.165) is 13.1 Å². The van der Waals surface area contributed by atoms with E-state index in [-0.39, 0.29) is 5.91 Å². The van der Waals surface area contributed by atoms with Crippen molar-refractivity contribution in [3.8, 4) is 5.75 Å². The maximum Gasteiger partial charge on any atom is 0.255 e. The molecule has 0 spiro atoms. The molecule has 1 heterocycles. The molecule has 0 bridgehead atoms. The predicted molar refractivity (Wildman–Crippen MR) is 75.6 cm³/mol. The maximum atomic E-state index is 12.2. The summed E-state index contributed by atoms with van der Waals surface area (Å²) >= 11 is 0. The molecular formula is C15H22N2O2. The number of ether oxygens (including phenoxy) is 1. The summed E-state index contributed by atoms with van der Waals surface area (Å²) in [4.78, 5) is 14.6. The highest BCUT2D eigenvalue weighted by Gasteiger charge is 2.23. The van der Waals surface area contributed by atoms with Crippen molar-refractivity contribution in [1.29, 1.82) is 0 Å². The molecule has 1 amide bonds. The minimum absolute atomic E-state index is 0.0552. The first kappa shape index (κ1) is 13.9. The zero-order valence-corrected chi connectivity index (χ0v) is 11.7. The van der Waals surface area contributed by atoms with Crippen molar-refractivity contribution in [2.45, 2.75) is 25.8 Å². The van der Waals surface area contributed by atoms with Gasteiger partial charge in [0.25, 0.3) is 5.91 Å². The third kappa shape index (κ3) is 3.26. The number of nitrogens with zero attached hydrogens (tertiary/aromatic N) is 1. The normalized spacial score (nSPS) is 19.4. The third-order valence-corrected chi connectivity index (χ3v) is 3.76. The molecule has 1 aliphatic rings. The number of carbonyl (C=O) groups excluding carboxylic acids is 1. The second kappa shape index (κ2) is 6.57. The number of hydrogen-bond acceptors (Lipinski definition) is 3. The van der Waals surface area contributed by atoms with Crippen molar-refractivity contribution >= 4 is 5.91 Å². The third-order valence-electron chi connectivity index (χ3n) is 3.76. The highest BCUT2D eigenvalue weighted by molar-refractivity contribution is 5.96. The van der Waals surface area contributed by atoms with Crippen LogP contribution < -0.4 is 10.1 Å². The number of benzene rings is 1. The van der Waals surface area contributed by atoms with Gasteiger partial charge in [-0.1, -0.05) is 19.1 Å². The lowest BCUT2D eigenvalue weighted by Gasteiger charge is -2.23. The highest BCUT2D eigenvalue weighted by atomic mass is 16.5. The first-order valence-electron chi connectivity index (χ1n) is 6.91. The van der Waals surface area contributed by atoms with Crippen molar-refractivity contribution < 1.29 is 9.53 Å². The molecule has 2 rings (SSSR count). The van der Waals surface area contributed by atoms with E-state index in [4.69, 9.17) is 4.74 Å². The molecule has 0 saturated carbocycles. The highest BCUT2D eigenvalue weighted by Crippen LogP contribution is 2.18. The van der Waals surface area contributed by atoms with Crippen molar-refractivity contribution in [3.05, 3.63) is 29.8 Å². The van der Waals surface area contributed by atoms with Gasteiger partial charge in [-0.3, -0.25) is 9.69 Å². The van der Waals surface area contributed by atoms with Gasteiger partial charge in [0.15, 0.2) is 0 Å². The van der Waals surface area contributed by atoms with Gasteiger partial charge in [-0.05, 0) is 38.1 Å². The number of nitrogens with one attached hydrogen (secondary N) is 1. The molecule has 1 aliphatic heterocycles. The van der Waals surface area contributed by atoms with Crippen LogP contribution in [-0.2, 0) is 0 Å². The zero-order chi connectivity index (χ0) is 13.7. The topological polar surface area (TPSA) is 41.6 Å². The molecule has 1 unspecified atom stereocenters. The van der Waals surface area contributed by atoms with Crippen LogP contribution in [0.25, 0.3) is 0 Å². The van der Waals surface area contributed by atoms with Crippen molar-refractivity contribution in [2.24, 2.45) is 0 Å². The standard InChI is InChI=1S/C15H22N2O2/c1-3-17-10-6-7-12(17)11-16-15(18)13-8-4-5-9-14(13)19-2/h4-5,8-9,12H,3,6-7,10-11H2,1-2H3,(H,16,18). The van der Waals surface area contributed by atoms with Crippen LogP contribution in [0.5, 0.6) is 5.75 Å². The van der Waals surface area contributed by atoms with E-state index in [1.54, 1.807) is 13.2 Å². The average Bonchev–Trinajstić information content (AvgIpc) is 2.92. The molecule has 4 heteroatoms. The molecule has 19 heavy (non-hydrogen) atoms. The Labute approximate surface area is 114 Å². The van der Waals surface area contributed by atoms with Gasteiger partial charge in [-0.15, -0.1) is 0 Å². The largest absolute Gasteiger partial charge is 0.496 e. The lowest BCUT2D eigenvalue weighted by atomic mass is 10.1. The molecule has 1 N–H and O–H groups in total. The van der Waals surface area contributed by atoms with Gasteiger partial charge >= 0.3 is 0 Å². The van der Waals surface area contributed by atoms with Crippen LogP contribution in [0.1, 0.15) is 30.1 Å². The van der Waals surface area contributed by atoms with Gasteiger partial charge in [-0.25, -0.2) is 0 Å². The van der Waals surface area contributed by atoms with Gasteiger partial charge in [0.1, 0.15) is 5.75 Å². The summed E-state index contributed by atoms with van der Waals surface area (Å²) in [6, 6.07) is 7.80. The van der Waals surface area contributed by atoms with Crippen molar-refractivity contribution in [1.82, 2.24) is 10.2 Å². The van der Waals surface area contributed by atoms with Crippen LogP contribution in [-0.4, -0.2) is 43.6 Å². The molecule has 1 aromatic carbocycles. The Bertz CT molecular complexity index is 434. The summed E-state index contributed by atoms with van der Waals surface area (Å²) in [6.07, 6.45) is 2.39. The Morgan fingerprint density at radius 2 is 2.26 bits per heavy atom. The lowest BCUT2D eigenvalue weighted by molar-refractivity contribution is 0.0938. The minimum atomic E-state index is -0.0552. The number of carbonyl (C=O) groups is 1. The van der Waals surface area contributed by atoms with Crippen molar-refractivity contribution in [2.75, 3.05) is 26.7 Å². The fourth-order valence-corrected chi connectivity index (χ4v) is 2.68. The molecule has 0 aromatic heterocycles. The molecule has 0 radical (unpaired) electrons. The Morgan fingerprint density at radius 3 is 3.00 bits per heavy atom. The number of hydrogen-bond donors (Lipinski definition) is 1. The fourth-order valence-electron chi connectivity index (χ4n) is 2.68. The summed E-state index contributed by atoms with van der Waals surface area (Å²) in [5.74, 6) is 0.569. The van der Waals surface area contributed by atoms with E-state index in [0.29, 0.717) is 23.9 Å². The van der Waals surface area contributed by atoms with Gasteiger partial charge in [0.2, 0.25) is 0 Å². The van der Waals surface area contributed by atoms with E-state index < -0.39 is 0 Å². The van der Waals surface area contributed by atoms with E-state index >= 15 is 0 Å². The predicted octanol–water partition coefficient (Wildman–Crippen LogP) is 1.91. The molecule has 1 fully saturated rings. The second-order valence-electron chi connectivity index (χ2n) is 4.83. The Hall–Kier alpha value is -1.55. The second-order valence-corrected chi connectivity index (χ2v) is 4.83. The molecule has 1 saturated heterocycles. The van der Waals surface area contributed by atoms with Crippen LogP contribution in [0.3, 0.4) is 0 Å². The van der Waals surface area contributed by atoms with Gasteiger partial charge in [-0.2, -0.15) is 0 Å². The quantitative estimate of drug-likeness (QED) is 0.881. The van der Waals surface area contributed by atoms with E-state index in [9.17, 15) is 4.79 Å². The van der Waals surface area contributed by atoms with Gasteiger partial charge in [0.05, 0.1) is 12.7 Å². The van der Waals surface area contributed by atoms with E-state index in [1.165, 1.54) is 12.8 Å². The fraction of sp³-hybridized carbons (Fsp3) is 0.533. The van der Waals surface area contributed by atoms with Crippen LogP contribution in [0.4, 0.5) is 0 Å². The van der Waals surface area contributed by atoms with Crippen LogP contribution in [0.2, 0.25) is 0 Å². The number of methoxy groups -OCH3 is 1. The van der Waals surface area contributed by atoms with Gasteiger partial charge < -0.3 is 10.1 Å². The molecule has 104 valence electrons. The number of likely N-dealkylation sites (N-methyl/N-ethyl adjacent to an activating group) is 1. The molecule has 1 atom stereocenters.